The highest BCUT2D eigenvalue weighted by molar-refractivity contribution is 9.10. The van der Waals surface area contributed by atoms with E-state index in [4.69, 9.17) is 9.73 Å². The number of aliphatic imine (C=N–C) groups is 1. The predicted molar refractivity (Wildman–Crippen MR) is 121 cm³/mol. The highest BCUT2D eigenvalue weighted by Crippen LogP contribution is 2.17. The van der Waals surface area contributed by atoms with Crippen molar-refractivity contribution in [3.63, 3.8) is 0 Å². The summed E-state index contributed by atoms with van der Waals surface area (Å²) in [6, 6.07) is 18.8. The Labute approximate surface area is 185 Å². The zero-order chi connectivity index (χ0) is 21.7. The van der Waals surface area contributed by atoms with Crippen LogP contribution in [0.3, 0.4) is 0 Å². The van der Waals surface area contributed by atoms with Crippen LogP contribution in [-0.2, 0) is 23.0 Å². The standard InChI is InChI=1S/C23H25BrN4O2/c1-23(2,3)30-21(29)18(15-19-26-22(24)28(4)27-19)25-20(16-11-7-5-8-12-16)17-13-9-6-10-14-17/h5-14,18H,15H2,1-4H3/t18-/m0/s1. The molecule has 0 amide bonds. The number of rotatable bonds is 6. The molecule has 1 aromatic heterocycles. The first-order valence-corrected chi connectivity index (χ1v) is 10.5. The zero-order valence-corrected chi connectivity index (χ0v) is 19.1. The highest BCUT2D eigenvalue weighted by atomic mass is 79.9. The van der Waals surface area contributed by atoms with Crippen molar-refractivity contribution < 1.29 is 9.53 Å². The van der Waals surface area contributed by atoms with Gasteiger partial charge in [0.15, 0.2) is 16.6 Å². The maximum absolute atomic E-state index is 13.0. The minimum atomic E-state index is -0.783. The quantitative estimate of drug-likeness (QED) is 0.397. The summed E-state index contributed by atoms with van der Waals surface area (Å²) in [4.78, 5) is 22.3. The first-order chi connectivity index (χ1) is 14.2. The number of carbonyl (C=O) groups excluding carboxylic acids is 1. The fourth-order valence-corrected chi connectivity index (χ4v) is 3.17. The van der Waals surface area contributed by atoms with Crippen molar-refractivity contribution in [3.05, 3.63) is 82.3 Å². The molecule has 0 bridgehead atoms. The number of ether oxygens (including phenoxy) is 1. The van der Waals surface area contributed by atoms with Gasteiger partial charge in [0.05, 0.1) is 5.71 Å². The Balaban J connectivity index is 2.06. The van der Waals surface area contributed by atoms with Crippen molar-refractivity contribution in [3.8, 4) is 0 Å². The van der Waals surface area contributed by atoms with E-state index in [1.54, 1.807) is 11.7 Å². The molecule has 1 heterocycles. The van der Waals surface area contributed by atoms with E-state index in [-0.39, 0.29) is 6.42 Å². The fourth-order valence-electron chi connectivity index (χ4n) is 2.89. The SMILES string of the molecule is Cn1nc(C[C@H](N=C(c2ccccc2)c2ccccc2)C(=O)OC(C)(C)C)nc1Br. The summed E-state index contributed by atoms with van der Waals surface area (Å²) in [6.07, 6.45) is 0.234. The number of carbonyl (C=O) groups is 1. The lowest BCUT2D eigenvalue weighted by molar-refractivity contribution is -0.156. The number of hydrogen-bond donors (Lipinski definition) is 0. The largest absolute Gasteiger partial charge is 0.458 e. The van der Waals surface area contributed by atoms with E-state index in [1.165, 1.54) is 0 Å². The van der Waals surface area contributed by atoms with Gasteiger partial charge in [-0.05, 0) is 36.7 Å². The van der Waals surface area contributed by atoms with E-state index < -0.39 is 17.6 Å². The highest BCUT2D eigenvalue weighted by Gasteiger charge is 2.27. The van der Waals surface area contributed by atoms with Gasteiger partial charge in [0, 0.05) is 24.6 Å². The lowest BCUT2D eigenvalue weighted by atomic mass is 10.0. The Morgan fingerprint density at radius 2 is 1.60 bits per heavy atom. The zero-order valence-electron chi connectivity index (χ0n) is 17.5. The number of benzene rings is 2. The lowest BCUT2D eigenvalue weighted by Crippen LogP contribution is -2.33. The molecule has 0 radical (unpaired) electrons. The maximum atomic E-state index is 13.0. The molecule has 0 N–H and O–H groups in total. The van der Waals surface area contributed by atoms with Crippen molar-refractivity contribution in [2.24, 2.45) is 12.0 Å². The molecule has 6 nitrogen and oxygen atoms in total. The molecule has 0 unspecified atom stereocenters. The van der Waals surface area contributed by atoms with Crippen molar-refractivity contribution in [2.75, 3.05) is 0 Å². The Morgan fingerprint density at radius 1 is 1.07 bits per heavy atom. The Bertz CT molecular complexity index is 963. The molecule has 0 aliphatic carbocycles. The van der Waals surface area contributed by atoms with Crippen molar-refractivity contribution in [1.82, 2.24) is 14.8 Å². The number of esters is 1. The van der Waals surface area contributed by atoms with Crippen LogP contribution < -0.4 is 0 Å². The Morgan fingerprint density at radius 3 is 2.03 bits per heavy atom. The molecule has 1 atom stereocenters. The van der Waals surface area contributed by atoms with Gasteiger partial charge in [0.2, 0.25) is 0 Å². The van der Waals surface area contributed by atoms with E-state index >= 15 is 0 Å². The third-order valence-electron chi connectivity index (χ3n) is 4.19. The number of halogens is 1. The van der Waals surface area contributed by atoms with Gasteiger partial charge in [-0.3, -0.25) is 4.99 Å². The topological polar surface area (TPSA) is 69.4 Å². The van der Waals surface area contributed by atoms with Gasteiger partial charge in [-0.15, -0.1) is 0 Å². The summed E-state index contributed by atoms with van der Waals surface area (Å²) >= 11 is 3.35. The van der Waals surface area contributed by atoms with E-state index in [0.29, 0.717) is 10.6 Å². The van der Waals surface area contributed by atoms with Crippen LogP contribution in [0.1, 0.15) is 37.7 Å². The summed E-state index contributed by atoms with van der Waals surface area (Å²) in [6.45, 7) is 5.53. The summed E-state index contributed by atoms with van der Waals surface area (Å²) < 4.78 is 7.87. The van der Waals surface area contributed by atoms with E-state index in [9.17, 15) is 4.79 Å². The third kappa shape index (κ3) is 5.86. The predicted octanol–water partition coefficient (Wildman–Crippen LogP) is 4.37. The molecule has 3 aromatic rings. The minimum Gasteiger partial charge on any atom is -0.458 e. The lowest BCUT2D eigenvalue weighted by Gasteiger charge is -2.22. The molecule has 2 aromatic carbocycles. The summed E-state index contributed by atoms with van der Waals surface area (Å²) in [5.41, 5.74) is 1.95. The first kappa shape index (κ1) is 21.9. The van der Waals surface area contributed by atoms with Gasteiger partial charge in [-0.25, -0.2) is 14.5 Å². The summed E-state index contributed by atoms with van der Waals surface area (Å²) in [5, 5.41) is 4.36. The molecule has 0 fully saturated rings. The van der Waals surface area contributed by atoms with Crippen LogP contribution in [-0.4, -0.2) is 38.1 Å². The average Bonchev–Trinajstić information content (AvgIpc) is 3.02. The number of nitrogens with zero attached hydrogens (tertiary/aromatic N) is 4. The fraction of sp³-hybridized carbons (Fsp3) is 0.304. The molecule has 156 valence electrons. The van der Waals surface area contributed by atoms with Crippen LogP contribution in [0.25, 0.3) is 0 Å². The molecule has 0 saturated carbocycles. The van der Waals surface area contributed by atoms with Gasteiger partial charge in [0.25, 0.3) is 0 Å². The first-order valence-electron chi connectivity index (χ1n) is 9.70. The molecular weight excluding hydrogens is 444 g/mol. The second-order valence-corrected chi connectivity index (χ2v) is 8.59. The van der Waals surface area contributed by atoms with Crippen molar-refractivity contribution >= 4 is 27.6 Å². The van der Waals surface area contributed by atoms with Crippen LogP contribution in [0.15, 0.2) is 70.4 Å². The van der Waals surface area contributed by atoms with Gasteiger partial charge in [0.1, 0.15) is 5.60 Å². The Kier molecular flexibility index (Phi) is 6.82. The van der Waals surface area contributed by atoms with E-state index in [2.05, 4.69) is 26.0 Å². The Hall–Kier alpha value is -2.80. The van der Waals surface area contributed by atoms with Crippen LogP contribution in [0, 0.1) is 0 Å². The normalized spacial score (nSPS) is 12.3. The minimum absolute atomic E-state index is 0.234. The van der Waals surface area contributed by atoms with Crippen LogP contribution in [0.4, 0.5) is 0 Å². The average molecular weight is 469 g/mol. The molecule has 7 heteroatoms. The molecule has 3 rings (SSSR count). The second-order valence-electron chi connectivity index (χ2n) is 7.88. The van der Waals surface area contributed by atoms with Gasteiger partial charge < -0.3 is 4.74 Å². The summed E-state index contributed by atoms with van der Waals surface area (Å²) in [7, 11) is 1.78. The van der Waals surface area contributed by atoms with E-state index in [1.807, 2.05) is 81.4 Å². The molecule has 0 aliphatic rings. The number of hydrogen-bond acceptors (Lipinski definition) is 5. The van der Waals surface area contributed by atoms with Crippen LogP contribution in [0.5, 0.6) is 0 Å². The van der Waals surface area contributed by atoms with Crippen molar-refractivity contribution in [2.45, 2.75) is 38.8 Å². The van der Waals surface area contributed by atoms with Gasteiger partial charge in [-0.2, -0.15) is 5.10 Å². The van der Waals surface area contributed by atoms with Crippen LogP contribution >= 0.6 is 15.9 Å². The molecule has 0 spiro atoms. The summed E-state index contributed by atoms with van der Waals surface area (Å²) in [5.74, 6) is 0.111. The molecule has 0 saturated heterocycles. The maximum Gasteiger partial charge on any atom is 0.331 e. The number of aryl methyl sites for hydroxylation is 1. The monoisotopic (exact) mass is 468 g/mol. The number of aromatic nitrogens is 3. The third-order valence-corrected chi connectivity index (χ3v) is 4.88. The van der Waals surface area contributed by atoms with Crippen LogP contribution in [0.2, 0.25) is 0 Å². The van der Waals surface area contributed by atoms with Crippen molar-refractivity contribution in [1.29, 1.82) is 0 Å². The van der Waals surface area contributed by atoms with Gasteiger partial charge >= 0.3 is 5.97 Å². The smallest absolute Gasteiger partial charge is 0.331 e. The van der Waals surface area contributed by atoms with E-state index in [0.717, 1.165) is 16.8 Å². The van der Waals surface area contributed by atoms with Gasteiger partial charge in [-0.1, -0.05) is 60.7 Å². The molecule has 30 heavy (non-hydrogen) atoms. The second kappa shape index (κ2) is 9.34. The molecular formula is C23H25BrN4O2. The molecule has 0 aliphatic heterocycles.